The molecule has 0 aromatic heterocycles. The molecule has 0 radical (unpaired) electrons. The Morgan fingerprint density at radius 1 is 0.600 bits per heavy atom. The van der Waals surface area contributed by atoms with Gasteiger partial charge in [0.15, 0.2) is 23.0 Å². The van der Waals surface area contributed by atoms with Crippen LogP contribution in [0.5, 0.6) is 0 Å². The number of hydrogen-bond donors (Lipinski definition) is 6. The van der Waals surface area contributed by atoms with Gasteiger partial charge in [-0.15, -0.1) is 0 Å². The highest BCUT2D eigenvalue weighted by molar-refractivity contribution is 5.63. The van der Waals surface area contributed by atoms with E-state index in [4.69, 9.17) is 9.47 Å². The van der Waals surface area contributed by atoms with Crippen LogP contribution < -0.4 is 0 Å². The van der Waals surface area contributed by atoms with Gasteiger partial charge < -0.3 is 40.1 Å². The quantitative estimate of drug-likeness (QED) is 0.337. The number of rotatable bonds is 9. The fourth-order valence-electron chi connectivity index (χ4n) is 2.89. The molecule has 0 fully saturated rings. The molecule has 0 saturated heterocycles. The molecule has 0 saturated carbocycles. The minimum absolute atomic E-state index is 0.120. The molecule has 0 aliphatic carbocycles. The van der Waals surface area contributed by atoms with Gasteiger partial charge in [0.25, 0.3) is 0 Å². The maximum absolute atomic E-state index is 10.4. The lowest BCUT2D eigenvalue weighted by Crippen LogP contribution is -2.46. The van der Waals surface area contributed by atoms with Crippen molar-refractivity contribution in [2.24, 2.45) is 0 Å². The first-order valence-electron chi connectivity index (χ1n) is 9.10. The fraction of sp³-hybridized carbons (Fsp3) is 0.273. The molecule has 0 amide bonds. The van der Waals surface area contributed by atoms with E-state index in [2.05, 4.69) is 0 Å². The summed E-state index contributed by atoms with van der Waals surface area (Å²) in [6.07, 6.45) is -8.16. The third-order valence-corrected chi connectivity index (χ3v) is 4.50. The summed E-state index contributed by atoms with van der Waals surface area (Å²) in [5.74, 6) is -1.74. The number of hydrogen-bond acceptors (Lipinski definition) is 8. The molecule has 2 rings (SSSR count). The van der Waals surface area contributed by atoms with Crippen LogP contribution in [-0.2, 0) is 9.47 Å². The van der Waals surface area contributed by atoms with Gasteiger partial charge in [0.1, 0.15) is 24.4 Å². The average Bonchev–Trinajstić information content (AvgIpc) is 2.79. The third-order valence-electron chi connectivity index (χ3n) is 4.50. The van der Waals surface area contributed by atoms with Crippen molar-refractivity contribution >= 4 is 11.5 Å². The highest BCUT2D eigenvalue weighted by Crippen LogP contribution is 2.25. The van der Waals surface area contributed by atoms with E-state index in [0.717, 1.165) is 0 Å². The minimum Gasteiger partial charge on any atom is -0.506 e. The zero-order valence-electron chi connectivity index (χ0n) is 16.6. The van der Waals surface area contributed by atoms with Crippen molar-refractivity contribution in [3.63, 3.8) is 0 Å². The van der Waals surface area contributed by atoms with Crippen LogP contribution >= 0.6 is 0 Å². The van der Waals surface area contributed by atoms with E-state index in [1.54, 1.807) is 60.7 Å². The van der Waals surface area contributed by atoms with Crippen LogP contribution in [-0.4, -0.2) is 69.3 Å². The number of aliphatic hydroxyl groups excluding tert-OH is 6. The molecule has 162 valence electrons. The zero-order chi connectivity index (χ0) is 22.3. The predicted molar refractivity (Wildman–Crippen MR) is 110 cm³/mol. The van der Waals surface area contributed by atoms with Crippen LogP contribution in [0.2, 0.25) is 0 Å². The second-order valence-corrected chi connectivity index (χ2v) is 6.44. The molecule has 30 heavy (non-hydrogen) atoms. The lowest BCUT2D eigenvalue weighted by atomic mass is 9.97. The molecular formula is C22H26O8. The molecule has 0 bridgehead atoms. The fourth-order valence-corrected chi connectivity index (χ4v) is 2.89. The first kappa shape index (κ1) is 23.2. The molecule has 2 aromatic rings. The molecule has 0 spiro atoms. The van der Waals surface area contributed by atoms with Crippen molar-refractivity contribution in [2.45, 2.75) is 24.4 Å². The molecule has 4 atom stereocenters. The van der Waals surface area contributed by atoms with E-state index in [1.807, 2.05) is 0 Å². The van der Waals surface area contributed by atoms with Crippen LogP contribution in [0.1, 0.15) is 11.1 Å². The second kappa shape index (κ2) is 10.7. The lowest BCUT2D eigenvalue weighted by Gasteiger charge is -2.27. The zero-order valence-corrected chi connectivity index (χ0v) is 16.6. The summed E-state index contributed by atoms with van der Waals surface area (Å²) in [5.41, 5.74) is 0.847. The molecule has 2 aromatic carbocycles. The van der Waals surface area contributed by atoms with Crippen molar-refractivity contribution in [1.29, 1.82) is 0 Å². The maximum Gasteiger partial charge on any atom is 0.166 e. The van der Waals surface area contributed by atoms with Crippen molar-refractivity contribution < 1.29 is 40.1 Å². The lowest BCUT2D eigenvalue weighted by molar-refractivity contribution is -0.101. The Labute approximate surface area is 174 Å². The molecule has 8 nitrogen and oxygen atoms in total. The topological polar surface area (TPSA) is 140 Å². The van der Waals surface area contributed by atoms with Crippen LogP contribution in [0.3, 0.4) is 0 Å². The van der Waals surface area contributed by atoms with Gasteiger partial charge in [-0.25, -0.2) is 0 Å². The maximum atomic E-state index is 10.4. The normalized spacial score (nSPS) is 17.1. The van der Waals surface area contributed by atoms with Crippen molar-refractivity contribution in [3.05, 3.63) is 83.3 Å². The number of benzene rings is 2. The van der Waals surface area contributed by atoms with E-state index in [-0.39, 0.29) is 11.5 Å². The first-order valence-corrected chi connectivity index (χ1v) is 9.10. The van der Waals surface area contributed by atoms with E-state index in [9.17, 15) is 30.6 Å². The Bertz CT molecular complexity index is 790. The molecule has 0 heterocycles. The Balaban J connectivity index is 2.29. The molecule has 8 heteroatoms. The summed E-state index contributed by atoms with van der Waals surface area (Å²) in [7, 11) is 2.53. The van der Waals surface area contributed by atoms with Gasteiger partial charge in [-0.05, 0) is 0 Å². The number of ether oxygens (including phenoxy) is 2. The van der Waals surface area contributed by atoms with Crippen molar-refractivity contribution in [3.8, 4) is 0 Å². The van der Waals surface area contributed by atoms with Gasteiger partial charge in [0.05, 0.1) is 14.2 Å². The Morgan fingerprint density at radius 3 is 1.17 bits per heavy atom. The van der Waals surface area contributed by atoms with Gasteiger partial charge in [-0.3, -0.25) is 0 Å². The highest BCUT2D eigenvalue weighted by atomic mass is 16.5. The second-order valence-electron chi connectivity index (χ2n) is 6.44. The van der Waals surface area contributed by atoms with E-state index < -0.39 is 35.9 Å². The monoisotopic (exact) mass is 418 g/mol. The molecule has 6 N–H and O–H groups in total. The first-order chi connectivity index (χ1) is 14.3. The Hall–Kier alpha value is -3.04. The van der Waals surface area contributed by atoms with Crippen LogP contribution in [0, 0.1) is 0 Å². The van der Waals surface area contributed by atoms with Gasteiger partial charge in [0, 0.05) is 11.1 Å². The predicted octanol–water partition coefficient (Wildman–Crippen LogP) is 1.58. The summed E-state index contributed by atoms with van der Waals surface area (Å²) in [6.45, 7) is 0. The van der Waals surface area contributed by atoms with Crippen molar-refractivity contribution in [1.82, 2.24) is 0 Å². The van der Waals surface area contributed by atoms with E-state index in [0.29, 0.717) is 11.1 Å². The Kier molecular flexibility index (Phi) is 8.25. The molecule has 0 aliphatic heterocycles. The molecule has 0 unspecified atom stereocenters. The number of methoxy groups -OCH3 is 2. The van der Waals surface area contributed by atoms with Gasteiger partial charge in [-0.2, -0.15) is 0 Å². The van der Waals surface area contributed by atoms with E-state index >= 15 is 0 Å². The van der Waals surface area contributed by atoms with Gasteiger partial charge in [0.2, 0.25) is 0 Å². The molecular weight excluding hydrogens is 392 g/mol. The Morgan fingerprint density at radius 2 is 0.900 bits per heavy atom. The summed E-state index contributed by atoms with van der Waals surface area (Å²) in [5, 5.41) is 62.0. The molecule has 0 aliphatic rings. The third kappa shape index (κ3) is 5.11. The summed E-state index contributed by atoms with van der Waals surface area (Å²) in [6, 6.07) is 16.7. The van der Waals surface area contributed by atoms with Crippen molar-refractivity contribution in [2.75, 3.05) is 14.2 Å². The van der Waals surface area contributed by atoms with E-state index in [1.165, 1.54) is 14.2 Å². The average molecular weight is 418 g/mol. The summed E-state index contributed by atoms with van der Waals surface area (Å²) in [4.78, 5) is 0. The van der Waals surface area contributed by atoms with Gasteiger partial charge >= 0.3 is 0 Å². The van der Waals surface area contributed by atoms with Crippen LogP contribution in [0.4, 0.5) is 0 Å². The SMILES string of the molecule is COC(=C(O)[C@@H](O)[C@@H](O)[C@H](O)[C@@H](O)C(O)=C(OC)c1ccccc1)c1ccccc1. The van der Waals surface area contributed by atoms with Gasteiger partial charge in [-0.1, -0.05) is 60.7 Å². The highest BCUT2D eigenvalue weighted by Gasteiger charge is 2.37. The smallest absolute Gasteiger partial charge is 0.166 e. The van der Waals surface area contributed by atoms with Crippen LogP contribution in [0.15, 0.2) is 72.2 Å². The standard InChI is InChI=1S/C22H26O8/c1-29-21(13-9-5-3-6-10-13)19(27)17(25)15(23)16(24)18(26)20(28)22(30-2)14-11-7-4-8-12-14/h3-12,15-18,23-28H,1-2H3/t15-,16-,17-,18+/m0/s1. The summed E-state index contributed by atoms with van der Waals surface area (Å²) < 4.78 is 10.2. The number of aliphatic hydroxyl groups is 6. The minimum atomic E-state index is -2.06. The summed E-state index contributed by atoms with van der Waals surface area (Å²) >= 11 is 0. The van der Waals surface area contributed by atoms with Crippen LogP contribution in [0.25, 0.3) is 11.5 Å². The largest absolute Gasteiger partial charge is 0.506 e.